The van der Waals surface area contributed by atoms with Gasteiger partial charge in [-0.15, -0.1) is 0 Å². The molecule has 0 saturated carbocycles. The lowest BCUT2D eigenvalue weighted by Crippen LogP contribution is -2.49. The van der Waals surface area contributed by atoms with Crippen LogP contribution >= 0.6 is 0 Å². The van der Waals surface area contributed by atoms with Gasteiger partial charge in [-0.25, -0.2) is 8.42 Å². The minimum atomic E-state index is -3.87. The molecule has 0 fully saturated rings. The second-order valence-corrected chi connectivity index (χ2v) is 10.7. The van der Waals surface area contributed by atoms with Gasteiger partial charge in [0.2, 0.25) is 10.0 Å². The van der Waals surface area contributed by atoms with Gasteiger partial charge in [0.25, 0.3) is 0 Å². The molecule has 0 unspecified atom stereocenters. The van der Waals surface area contributed by atoms with Crippen LogP contribution in [0.5, 0.6) is 5.75 Å². The van der Waals surface area contributed by atoms with Crippen LogP contribution in [-0.2, 0) is 21.3 Å². The van der Waals surface area contributed by atoms with Crippen LogP contribution < -0.4 is 4.74 Å². The minimum absolute atomic E-state index is 0.0905. The SMILES string of the molecule is COCC#Cc1ccc2c(c1)O[C@H](CN(C)Cc1ccccc1)[C@@H](C)CN([C@@H](C)CO)S2(=O)=O. The van der Waals surface area contributed by atoms with E-state index in [-0.39, 0.29) is 42.4 Å². The molecule has 1 heterocycles. The summed E-state index contributed by atoms with van der Waals surface area (Å²) in [6, 6.07) is 14.5. The lowest BCUT2D eigenvalue weighted by atomic mass is 10.0. The topological polar surface area (TPSA) is 79.3 Å². The van der Waals surface area contributed by atoms with Gasteiger partial charge < -0.3 is 14.6 Å². The summed E-state index contributed by atoms with van der Waals surface area (Å²) in [6.45, 7) is 5.33. The third-order valence-electron chi connectivity index (χ3n) is 5.90. The fourth-order valence-electron chi connectivity index (χ4n) is 4.00. The molecule has 3 rings (SSSR count). The van der Waals surface area contributed by atoms with Gasteiger partial charge in [-0.1, -0.05) is 49.1 Å². The van der Waals surface area contributed by atoms with Crippen molar-refractivity contribution in [3.05, 3.63) is 59.7 Å². The van der Waals surface area contributed by atoms with Crippen LogP contribution in [0.1, 0.15) is 25.0 Å². The standard InChI is InChI=1S/C26H34N2O5S/c1-20-16-28(21(2)19-29)34(30,31)26-13-12-22(11-8-14-32-4)15-24(26)33-25(20)18-27(3)17-23-9-6-5-7-10-23/h5-7,9-10,12-13,15,20-21,25,29H,14,16-19H2,1-4H3/t20-,21-,25+/m0/s1. The summed E-state index contributed by atoms with van der Waals surface area (Å²) in [5.74, 6) is 6.05. The maximum Gasteiger partial charge on any atom is 0.247 e. The number of likely N-dealkylation sites (N-methyl/N-ethyl adjacent to an activating group) is 1. The van der Waals surface area contributed by atoms with Gasteiger partial charge in [0.05, 0.1) is 6.61 Å². The highest BCUT2D eigenvalue weighted by Gasteiger charge is 2.38. The van der Waals surface area contributed by atoms with Gasteiger partial charge in [0.1, 0.15) is 23.4 Å². The quantitative estimate of drug-likeness (QED) is 0.606. The Balaban J connectivity index is 1.97. The molecule has 3 atom stereocenters. The van der Waals surface area contributed by atoms with Crippen molar-refractivity contribution >= 4 is 10.0 Å². The summed E-state index contributed by atoms with van der Waals surface area (Å²) in [4.78, 5) is 2.27. The van der Waals surface area contributed by atoms with Gasteiger partial charge >= 0.3 is 0 Å². The van der Waals surface area contributed by atoms with E-state index in [4.69, 9.17) is 9.47 Å². The fourth-order valence-corrected chi connectivity index (χ4v) is 5.82. The lowest BCUT2D eigenvalue weighted by Gasteiger charge is -2.37. The summed E-state index contributed by atoms with van der Waals surface area (Å²) >= 11 is 0. The van der Waals surface area contributed by atoms with Crippen molar-refractivity contribution in [1.82, 2.24) is 9.21 Å². The molecule has 1 aliphatic rings. The van der Waals surface area contributed by atoms with Crippen molar-refractivity contribution in [2.24, 2.45) is 5.92 Å². The van der Waals surface area contributed by atoms with E-state index >= 15 is 0 Å². The van der Waals surface area contributed by atoms with Crippen molar-refractivity contribution in [2.75, 3.05) is 40.5 Å². The molecule has 1 N–H and O–H groups in total. The van der Waals surface area contributed by atoms with E-state index < -0.39 is 16.1 Å². The molecule has 0 radical (unpaired) electrons. The van der Waals surface area contributed by atoms with E-state index in [2.05, 4.69) is 28.9 Å². The summed E-state index contributed by atoms with van der Waals surface area (Å²) < 4.78 is 39.8. The van der Waals surface area contributed by atoms with Gasteiger partial charge in [-0.3, -0.25) is 4.90 Å². The number of methoxy groups -OCH3 is 1. The Morgan fingerprint density at radius 1 is 1.26 bits per heavy atom. The molecule has 184 valence electrons. The van der Waals surface area contributed by atoms with Crippen molar-refractivity contribution in [3.63, 3.8) is 0 Å². The number of aliphatic hydroxyl groups is 1. The maximum absolute atomic E-state index is 13.5. The first-order chi connectivity index (χ1) is 16.3. The monoisotopic (exact) mass is 486 g/mol. The number of rotatable bonds is 7. The number of hydrogen-bond acceptors (Lipinski definition) is 6. The van der Waals surface area contributed by atoms with Crippen LogP contribution in [0, 0.1) is 17.8 Å². The number of hydrogen-bond donors (Lipinski definition) is 1. The average Bonchev–Trinajstić information content (AvgIpc) is 2.81. The van der Waals surface area contributed by atoms with Crippen LogP contribution in [0.3, 0.4) is 0 Å². The molecular formula is C26H34N2O5S. The third kappa shape index (κ3) is 6.38. The Hall–Kier alpha value is -2.41. The van der Waals surface area contributed by atoms with Crippen LogP contribution in [-0.4, -0.2) is 75.3 Å². The molecule has 0 aliphatic carbocycles. The zero-order valence-electron chi connectivity index (χ0n) is 20.3. The molecule has 8 heteroatoms. The first kappa shape index (κ1) is 26.2. The van der Waals surface area contributed by atoms with Crippen molar-refractivity contribution in [2.45, 2.75) is 37.4 Å². The van der Waals surface area contributed by atoms with Crippen molar-refractivity contribution in [1.29, 1.82) is 0 Å². The summed E-state index contributed by atoms with van der Waals surface area (Å²) in [5, 5.41) is 9.78. The zero-order chi connectivity index (χ0) is 24.7. The molecule has 7 nitrogen and oxygen atoms in total. The number of sulfonamides is 1. The molecule has 1 aliphatic heterocycles. The van der Waals surface area contributed by atoms with Gasteiger partial charge in [0, 0.05) is 44.3 Å². The maximum atomic E-state index is 13.5. The smallest absolute Gasteiger partial charge is 0.247 e. The van der Waals surface area contributed by atoms with Crippen LogP contribution in [0.25, 0.3) is 0 Å². The van der Waals surface area contributed by atoms with E-state index in [0.717, 1.165) is 6.54 Å². The van der Waals surface area contributed by atoms with E-state index in [0.29, 0.717) is 12.1 Å². The van der Waals surface area contributed by atoms with Crippen LogP contribution in [0.2, 0.25) is 0 Å². The van der Waals surface area contributed by atoms with Gasteiger partial charge in [-0.05, 0) is 37.7 Å². The average molecular weight is 487 g/mol. The van der Waals surface area contributed by atoms with Crippen molar-refractivity contribution < 1.29 is 23.0 Å². The molecule has 34 heavy (non-hydrogen) atoms. The summed E-state index contributed by atoms with van der Waals surface area (Å²) in [6.07, 6.45) is -0.265. The van der Waals surface area contributed by atoms with E-state index in [1.807, 2.05) is 32.2 Å². The second kappa shape index (κ2) is 11.8. The third-order valence-corrected chi connectivity index (χ3v) is 7.92. The number of benzene rings is 2. The highest BCUT2D eigenvalue weighted by Crippen LogP contribution is 2.34. The zero-order valence-corrected chi connectivity index (χ0v) is 21.1. The summed E-state index contributed by atoms with van der Waals surface area (Å²) in [5.41, 5.74) is 1.84. The van der Waals surface area contributed by atoms with Crippen LogP contribution in [0.4, 0.5) is 0 Å². The fraction of sp³-hybridized carbons (Fsp3) is 0.462. The Kier molecular flexibility index (Phi) is 9.11. The Labute approximate surface area is 203 Å². The molecule has 0 spiro atoms. The number of ether oxygens (including phenoxy) is 2. The highest BCUT2D eigenvalue weighted by molar-refractivity contribution is 7.89. The first-order valence-electron chi connectivity index (χ1n) is 11.4. The predicted molar refractivity (Wildman–Crippen MR) is 132 cm³/mol. The molecule has 0 amide bonds. The Bertz CT molecular complexity index is 1110. The molecule has 2 aromatic carbocycles. The Morgan fingerprint density at radius 3 is 2.68 bits per heavy atom. The Morgan fingerprint density at radius 2 is 2.00 bits per heavy atom. The minimum Gasteiger partial charge on any atom is -0.487 e. The largest absolute Gasteiger partial charge is 0.487 e. The number of aliphatic hydroxyl groups excluding tert-OH is 1. The highest BCUT2D eigenvalue weighted by atomic mass is 32.2. The predicted octanol–water partition coefficient (Wildman–Crippen LogP) is 2.59. The van der Waals surface area contributed by atoms with Crippen LogP contribution in [0.15, 0.2) is 53.4 Å². The molecule has 0 saturated heterocycles. The molecule has 0 aromatic heterocycles. The molecular weight excluding hydrogens is 452 g/mol. The molecule has 0 bridgehead atoms. The number of nitrogens with zero attached hydrogens (tertiary/aromatic N) is 2. The first-order valence-corrected chi connectivity index (χ1v) is 12.8. The van der Waals surface area contributed by atoms with E-state index in [9.17, 15) is 13.5 Å². The van der Waals surface area contributed by atoms with E-state index in [1.54, 1.807) is 32.2 Å². The van der Waals surface area contributed by atoms with Crippen molar-refractivity contribution in [3.8, 4) is 17.6 Å². The second-order valence-electron chi connectivity index (χ2n) is 8.82. The normalized spacial score (nSPS) is 20.9. The van der Waals surface area contributed by atoms with E-state index in [1.165, 1.54) is 9.87 Å². The lowest BCUT2D eigenvalue weighted by molar-refractivity contribution is 0.0733. The number of fused-ring (bicyclic) bond motifs is 1. The molecule has 2 aromatic rings. The van der Waals surface area contributed by atoms with Gasteiger partial charge in [0.15, 0.2) is 0 Å². The summed E-state index contributed by atoms with van der Waals surface area (Å²) in [7, 11) is -0.270. The van der Waals surface area contributed by atoms with Gasteiger partial charge in [-0.2, -0.15) is 4.31 Å².